The fourth-order valence-corrected chi connectivity index (χ4v) is 1.05. The minimum Gasteiger partial charge on any atom is -0.394 e. The van der Waals surface area contributed by atoms with E-state index in [2.05, 4.69) is 0 Å². The van der Waals surface area contributed by atoms with Crippen molar-refractivity contribution in [3.05, 3.63) is 20.2 Å². The molecule has 0 aromatic heterocycles. The van der Waals surface area contributed by atoms with Crippen molar-refractivity contribution in [3.63, 3.8) is 0 Å². The van der Waals surface area contributed by atoms with Gasteiger partial charge in [-0.25, -0.2) is 0 Å². The minimum absolute atomic E-state index is 0.0258. The summed E-state index contributed by atoms with van der Waals surface area (Å²) >= 11 is 0. The highest BCUT2D eigenvalue weighted by Gasteiger charge is 2.23. The predicted octanol–water partition coefficient (Wildman–Crippen LogP) is -1.18. The Labute approximate surface area is 95.1 Å². The van der Waals surface area contributed by atoms with Crippen molar-refractivity contribution in [2.24, 2.45) is 0 Å². The molecule has 1 saturated heterocycles. The highest BCUT2D eigenvalue weighted by atomic mass is 16.9. The molecule has 102 valence electrons. The van der Waals surface area contributed by atoms with E-state index in [9.17, 15) is 0 Å². The lowest BCUT2D eigenvalue weighted by Crippen LogP contribution is -2.16. The van der Waals surface area contributed by atoms with Gasteiger partial charge in [0.1, 0.15) is 0 Å². The van der Waals surface area contributed by atoms with Gasteiger partial charge in [-0.2, -0.15) is 0 Å². The van der Waals surface area contributed by atoms with Gasteiger partial charge in [0.25, 0.3) is 10.2 Å². The first kappa shape index (κ1) is 17.7. The molecule has 17 heavy (non-hydrogen) atoms. The summed E-state index contributed by atoms with van der Waals surface area (Å²) in [6.45, 7) is 0.160. The summed E-state index contributed by atoms with van der Waals surface area (Å²) in [5.74, 6) is 0. The molecule has 11 nitrogen and oxygen atoms in total. The molecular formula is C6H14N2O9. The summed E-state index contributed by atoms with van der Waals surface area (Å²) in [6, 6.07) is 0. The van der Waals surface area contributed by atoms with Crippen LogP contribution in [0.2, 0.25) is 0 Å². The SMILES string of the molecule is O=[N+]([O-])O.O=[N+]([O-])O.OCC1CCC(CO)O1. The van der Waals surface area contributed by atoms with Crippen LogP contribution in [0.15, 0.2) is 0 Å². The maximum atomic E-state index is 8.57. The van der Waals surface area contributed by atoms with Gasteiger partial charge in [0, 0.05) is 0 Å². The number of rotatable bonds is 2. The van der Waals surface area contributed by atoms with Gasteiger partial charge in [0.2, 0.25) is 0 Å². The quantitative estimate of drug-likeness (QED) is 0.350. The van der Waals surface area contributed by atoms with Crippen LogP contribution >= 0.6 is 0 Å². The zero-order valence-electron chi connectivity index (χ0n) is 8.71. The maximum absolute atomic E-state index is 8.57. The molecule has 0 saturated carbocycles. The second kappa shape index (κ2) is 10.8. The normalized spacial score (nSPS) is 21.5. The summed E-state index contributed by atoms with van der Waals surface area (Å²) in [5.41, 5.74) is 0. The first-order chi connectivity index (χ1) is 7.83. The Morgan fingerprint density at radius 1 is 1.00 bits per heavy atom. The van der Waals surface area contributed by atoms with Gasteiger partial charge >= 0.3 is 0 Å². The summed E-state index contributed by atoms with van der Waals surface area (Å²) in [7, 11) is 0. The van der Waals surface area contributed by atoms with Crippen molar-refractivity contribution < 1.29 is 35.5 Å². The smallest absolute Gasteiger partial charge is 0.291 e. The first-order valence-electron chi connectivity index (χ1n) is 4.37. The molecule has 0 aromatic rings. The molecule has 0 bridgehead atoms. The van der Waals surface area contributed by atoms with Crippen molar-refractivity contribution in [1.82, 2.24) is 0 Å². The number of hydrogen-bond acceptors (Lipinski definition) is 7. The van der Waals surface area contributed by atoms with E-state index in [1.165, 1.54) is 0 Å². The fourth-order valence-electron chi connectivity index (χ4n) is 1.05. The Balaban J connectivity index is 0. The van der Waals surface area contributed by atoms with Crippen molar-refractivity contribution in [3.8, 4) is 0 Å². The summed E-state index contributed by atoms with van der Waals surface area (Å²) in [6.07, 6.45) is 1.70. The Hall–Kier alpha value is -1.72. The van der Waals surface area contributed by atoms with Gasteiger partial charge in [-0.1, -0.05) is 0 Å². The van der Waals surface area contributed by atoms with Crippen LogP contribution in [0.1, 0.15) is 12.8 Å². The van der Waals surface area contributed by atoms with Crippen molar-refractivity contribution in [1.29, 1.82) is 0 Å². The Bertz CT molecular complexity index is 194. The van der Waals surface area contributed by atoms with E-state index < -0.39 is 10.2 Å². The van der Waals surface area contributed by atoms with Crippen LogP contribution in [0.5, 0.6) is 0 Å². The molecule has 4 N–H and O–H groups in total. The molecule has 2 atom stereocenters. The molecular weight excluding hydrogens is 244 g/mol. The molecule has 0 spiro atoms. The van der Waals surface area contributed by atoms with Crippen LogP contribution in [0, 0.1) is 20.2 Å². The minimum atomic E-state index is -1.50. The number of aliphatic hydroxyl groups is 2. The highest BCUT2D eigenvalue weighted by molar-refractivity contribution is 4.71. The molecule has 1 aliphatic heterocycles. The van der Waals surface area contributed by atoms with E-state index in [4.69, 9.17) is 45.6 Å². The number of hydrogen-bond donors (Lipinski definition) is 4. The maximum Gasteiger partial charge on any atom is 0.291 e. The second-order valence-electron chi connectivity index (χ2n) is 2.80. The monoisotopic (exact) mass is 258 g/mol. The third-order valence-electron chi connectivity index (χ3n) is 1.60. The zero-order chi connectivity index (χ0) is 13.8. The van der Waals surface area contributed by atoms with Crippen molar-refractivity contribution >= 4 is 0 Å². The van der Waals surface area contributed by atoms with Gasteiger partial charge < -0.3 is 25.4 Å². The van der Waals surface area contributed by atoms with Crippen LogP contribution < -0.4 is 0 Å². The van der Waals surface area contributed by atoms with Crippen LogP contribution in [0.4, 0.5) is 0 Å². The summed E-state index contributed by atoms with van der Waals surface area (Å²) in [5, 5.41) is 44.4. The van der Waals surface area contributed by atoms with Gasteiger partial charge in [0.05, 0.1) is 25.4 Å². The molecule has 0 radical (unpaired) electrons. The van der Waals surface area contributed by atoms with Gasteiger partial charge in [-0.3, -0.25) is 0 Å². The van der Waals surface area contributed by atoms with E-state index in [0.29, 0.717) is 0 Å². The standard InChI is InChI=1S/C6H12O3.2HNO3/c7-3-5-1-2-6(4-8)9-5;2*2-1(3)4/h5-8H,1-4H2;2*(H,2,3,4). The van der Waals surface area contributed by atoms with Gasteiger partial charge in [-0.15, -0.1) is 20.2 Å². The highest BCUT2D eigenvalue weighted by Crippen LogP contribution is 2.17. The van der Waals surface area contributed by atoms with E-state index in [1.54, 1.807) is 0 Å². The largest absolute Gasteiger partial charge is 0.394 e. The third-order valence-corrected chi connectivity index (χ3v) is 1.60. The van der Waals surface area contributed by atoms with Gasteiger partial charge in [0.15, 0.2) is 0 Å². The third kappa shape index (κ3) is 16.9. The van der Waals surface area contributed by atoms with Crippen LogP contribution in [0.3, 0.4) is 0 Å². The average molecular weight is 258 g/mol. The Morgan fingerprint density at radius 3 is 1.35 bits per heavy atom. The fraction of sp³-hybridized carbons (Fsp3) is 1.00. The Morgan fingerprint density at radius 2 is 1.24 bits per heavy atom. The lowest BCUT2D eigenvalue weighted by molar-refractivity contribution is -0.742. The first-order valence-corrected chi connectivity index (χ1v) is 4.37. The summed E-state index contributed by atoms with van der Waals surface area (Å²) < 4.78 is 5.16. The molecule has 0 aliphatic carbocycles. The van der Waals surface area contributed by atoms with Crippen molar-refractivity contribution in [2.45, 2.75) is 25.0 Å². The predicted molar refractivity (Wildman–Crippen MR) is 49.6 cm³/mol. The van der Waals surface area contributed by atoms with E-state index in [1.807, 2.05) is 0 Å². The molecule has 1 heterocycles. The molecule has 1 aliphatic rings. The number of nitrogens with zero attached hydrogens (tertiary/aromatic N) is 2. The lowest BCUT2D eigenvalue weighted by Gasteiger charge is -2.07. The van der Waals surface area contributed by atoms with Crippen LogP contribution in [-0.4, -0.2) is 56.2 Å². The lowest BCUT2D eigenvalue weighted by atomic mass is 10.2. The molecule has 11 heteroatoms. The van der Waals surface area contributed by atoms with Gasteiger partial charge in [-0.05, 0) is 12.8 Å². The number of ether oxygens (including phenoxy) is 1. The molecule has 1 fully saturated rings. The van der Waals surface area contributed by atoms with E-state index in [0.717, 1.165) is 12.8 Å². The topological polar surface area (TPSA) is 176 Å². The van der Waals surface area contributed by atoms with Crippen LogP contribution in [0.25, 0.3) is 0 Å². The molecule has 1 rings (SSSR count). The zero-order valence-corrected chi connectivity index (χ0v) is 8.71. The molecule has 0 aromatic carbocycles. The average Bonchev–Trinajstić information content (AvgIpc) is 2.63. The Kier molecular flexibility index (Phi) is 11.2. The van der Waals surface area contributed by atoms with E-state index in [-0.39, 0.29) is 25.4 Å². The van der Waals surface area contributed by atoms with E-state index >= 15 is 0 Å². The summed E-state index contributed by atoms with van der Waals surface area (Å²) in [4.78, 5) is 16.7. The molecule has 0 amide bonds. The second-order valence-corrected chi connectivity index (χ2v) is 2.80. The number of aliphatic hydroxyl groups excluding tert-OH is 2. The van der Waals surface area contributed by atoms with Crippen molar-refractivity contribution in [2.75, 3.05) is 13.2 Å². The van der Waals surface area contributed by atoms with Crippen LogP contribution in [-0.2, 0) is 4.74 Å². The molecule has 2 unspecified atom stereocenters.